The van der Waals surface area contributed by atoms with Crippen molar-refractivity contribution in [1.29, 1.82) is 0 Å². The number of aryl methyl sites for hydroxylation is 3. The summed E-state index contributed by atoms with van der Waals surface area (Å²) >= 11 is 0. The summed E-state index contributed by atoms with van der Waals surface area (Å²) in [5.74, 6) is 0.0670. The van der Waals surface area contributed by atoms with Crippen molar-refractivity contribution in [3.63, 3.8) is 0 Å². The van der Waals surface area contributed by atoms with E-state index in [-0.39, 0.29) is 17.5 Å². The minimum atomic E-state index is -0.0703. The van der Waals surface area contributed by atoms with E-state index in [2.05, 4.69) is 38.1 Å². The number of hydrogen-bond donors (Lipinski definition) is 1. The summed E-state index contributed by atoms with van der Waals surface area (Å²) in [5.41, 5.74) is 5.51. The normalized spacial score (nSPS) is 19.3. The second kappa shape index (κ2) is 6.99. The summed E-state index contributed by atoms with van der Waals surface area (Å²) in [6.45, 7) is 10.2. The molecule has 0 bridgehead atoms. The van der Waals surface area contributed by atoms with Gasteiger partial charge in [-0.1, -0.05) is 22.9 Å². The number of benzene rings is 1. The van der Waals surface area contributed by atoms with Gasteiger partial charge in [-0.05, 0) is 57.2 Å². The molecule has 0 heterocycles. The first-order valence-corrected chi connectivity index (χ1v) is 8.05. The number of rotatable bonds is 4. The van der Waals surface area contributed by atoms with Gasteiger partial charge >= 0.3 is 0 Å². The predicted molar refractivity (Wildman–Crippen MR) is 92.0 cm³/mol. The van der Waals surface area contributed by atoms with Crippen LogP contribution in [0, 0.1) is 20.8 Å². The van der Waals surface area contributed by atoms with Crippen molar-refractivity contribution < 1.29 is 14.7 Å². The van der Waals surface area contributed by atoms with Crippen molar-refractivity contribution in [3.8, 4) is 0 Å². The molecule has 0 fully saturated rings. The van der Waals surface area contributed by atoms with E-state index >= 15 is 0 Å². The lowest BCUT2D eigenvalue weighted by Crippen LogP contribution is -2.23. The predicted octanol–water partition coefficient (Wildman–Crippen LogP) is 4.28. The lowest BCUT2D eigenvalue weighted by atomic mass is 9.78. The highest BCUT2D eigenvalue weighted by atomic mass is 16.6. The molecule has 0 aliphatic heterocycles. The van der Waals surface area contributed by atoms with Gasteiger partial charge in [0.1, 0.15) is 12.4 Å². The smallest absolute Gasteiger partial charge is 0.168 e. The van der Waals surface area contributed by atoms with Crippen LogP contribution in [-0.2, 0) is 9.63 Å². The van der Waals surface area contributed by atoms with Crippen molar-refractivity contribution in [1.82, 2.24) is 0 Å². The maximum absolute atomic E-state index is 12.5. The lowest BCUT2D eigenvalue weighted by molar-refractivity contribution is -0.116. The molecule has 0 spiro atoms. The van der Waals surface area contributed by atoms with Gasteiger partial charge in [-0.3, -0.25) is 4.79 Å². The van der Waals surface area contributed by atoms with Crippen LogP contribution < -0.4 is 0 Å². The summed E-state index contributed by atoms with van der Waals surface area (Å²) in [5, 5.41) is 14.3. The van der Waals surface area contributed by atoms with Crippen LogP contribution in [0.1, 0.15) is 54.9 Å². The Hall–Kier alpha value is -2.10. The Labute approximate surface area is 137 Å². The van der Waals surface area contributed by atoms with Crippen LogP contribution in [0.4, 0.5) is 0 Å². The Kier molecular flexibility index (Phi) is 5.24. The van der Waals surface area contributed by atoms with Crippen LogP contribution in [0.25, 0.3) is 0 Å². The number of ketones is 1. The number of hydrogen-bond acceptors (Lipinski definition) is 4. The van der Waals surface area contributed by atoms with E-state index < -0.39 is 0 Å². The summed E-state index contributed by atoms with van der Waals surface area (Å²) in [4.78, 5) is 17.5. The third kappa shape index (κ3) is 3.63. The molecule has 1 aromatic rings. The first-order chi connectivity index (χ1) is 10.8. The van der Waals surface area contributed by atoms with E-state index in [1.165, 1.54) is 22.3 Å². The number of Topliss-reactive ketones (excluding diaryl/α,β-unsaturated/α-hetero) is 1. The van der Waals surface area contributed by atoms with E-state index in [9.17, 15) is 9.90 Å². The van der Waals surface area contributed by atoms with Crippen molar-refractivity contribution in [2.45, 2.75) is 53.4 Å². The Morgan fingerprint density at radius 1 is 1.26 bits per heavy atom. The maximum atomic E-state index is 12.5. The fourth-order valence-corrected chi connectivity index (χ4v) is 3.55. The number of allylic oxidation sites excluding steroid dienone is 2. The zero-order valence-corrected chi connectivity index (χ0v) is 14.6. The average Bonchev–Trinajstić information content (AvgIpc) is 2.43. The molecule has 124 valence electrons. The monoisotopic (exact) mass is 315 g/mol. The number of carbonyl (C=O) groups is 1. The first kappa shape index (κ1) is 17.3. The fourth-order valence-electron chi connectivity index (χ4n) is 3.55. The van der Waals surface area contributed by atoms with Gasteiger partial charge in [-0.25, -0.2) is 0 Å². The molecular formula is C19H25NO3. The van der Waals surface area contributed by atoms with Gasteiger partial charge in [0.25, 0.3) is 0 Å². The topological polar surface area (TPSA) is 58.9 Å². The van der Waals surface area contributed by atoms with Crippen LogP contribution in [0.15, 0.2) is 28.6 Å². The Balaban J connectivity index is 2.36. The van der Waals surface area contributed by atoms with E-state index in [0.29, 0.717) is 30.7 Å². The van der Waals surface area contributed by atoms with Gasteiger partial charge in [-0.2, -0.15) is 0 Å². The van der Waals surface area contributed by atoms with Crippen molar-refractivity contribution >= 4 is 11.5 Å². The molecule has 0 amide bonds. The lowest BCUT2D eigenvalue weighted by Gasteiger charge is -2.26. The standard InChI is InChI=1S/C19H25NO3/c1-6-23-20-14(5)19-16(21)9-15(10-17(19)22)18-12(3)7-11(2)8-13(18)4/h7-8,15,21H,6,9-10H2,1-5H3/b20-14-/t15-/m0/s1. The fraction of sp³-hybridized carbons (Fsp3) is 0.474. The van der Waals surface area contributed by atoms with Gasteiger partial charge in [-0.15, -0.1) is 0 Å². The molecule has 0 radical (unpaired) electrons. The summed E-state index contributed by atoms with van der Waals surface area (Å²) in [6.07, 6.45) is 0.855. The quantitative estimate of drug-likeness (QED) is 0.666. The summed E-state index contributed by atoms with van der Waals surface area (Å²) in [6, 6.07) is 4.26. The van der Waals surface area contributed by atoms with Crippen molar-refractivity contribution in [2.75, 3.05) is 6.61 Å². The second-order valence-corrected chi connectivity index (χ2v) is 6.26. The number of oxime groups is 1. The summed E-state index contributed by atoms with van der Waals surface area (Å²) < 4.78 is 0. The van der Waals surface area contributed by atoms with Crippen LogP contribution in [0.5, 0.6) is 0 Å². The minimum absolute atomic E-state index is 0.0201. The molecule has 1 aliphatic carbocycles. The van der Waals surface area contributed by atoms with E-state index in [0.717, 1.165) is 0 Å². The van der Waals surface area contributed by atoms with Crippen LogP contribution in [0.2, 0.25) is 0 Å². The second-order valence-electron chi connectivity index (χ2n) is 6.26. The molecule has 4 nitrogen and oxygen atoms in total. The highest BCUT2D eigenvalue weighted by Crippen LogP contribution is 2.37. The minimum Gasteiger partial charge on any atom is -0.511 e. The largest absolute Gasteiger partial charge is 0.511 e. The number of carbonyl (C=O) groups excluding carboxylic acids is 1. The molecule has 0 saturated heterocycles. The van der Waals surface area contributed by atoms with Crippen molar-refractivity contribution in [3.05, 3.63) is 45.7 Å². The van der Waals surface area contributed by atoms with Gasteiger partial charge in [0.15, 0.2) is 5.78 Å². The van der Waals surface area contributed by atoms with E-state index in [1.54, 1.807) is 6.92 Å². The zero-order chi connectivity index (χ0) is 17.1. The number of aliphatic hydroxyl groups excluding tert-OH is 1. The average molecular weight is 315 g/mol. The molecule has 2 rings (SSSR count). The zero-order valence-electron chi connectivity index (χ0n) is 14.6. The van der Waals surface area contributed by atoms with Crippen LogP contribution in [0.3, 0.4) is 0 Å². The van der Waals surface area contributed by atoms with Crippen LogP contribution in [-0.4, -0.2) is 23.2 Å². The molecule has 23 heavy (non-hydrogen) atoms. The maximum Gasteiger partial charge on any atom is 0.168 e. The van der Waals surface area contributed by atoms with Crippen LogP contribution >= 0.6 is 0 Å². The number of aliphatic hydroxyl groups is 1. The number of nitrogens with zero attached hydrogens (tertiary/aromatic N) is 1. The molecule has 1 N–H and O–H groups in total. The first-order valence-electron chi connectivity index (χ1n) is 8.05. The van der Waals surface area contributed by atoms with Gasteiger partial charge < -0.3 is 9.94 Å². The van der Waals surface area contributed by atoms with E-state index in [1.807, 2.05) is 6.92 Å². The van der Waals surface area contributed by atoms with Gasteiger partial charge in [0, 0.05) is 12.8 Å². The molecule has 1 aromatic carbocycles. The third-order valence-corrected chi connectivity index (χ3v) is 4.28. The van der Waals surface area contributed by atoms with Gasteiger partial charge in [0.2, 0.25) is 0 Å². The Morgan fingerprint density at radius 3 is 2.39 bits per heavy atom. The molecular weight excluding hydrogens is 290 g/mol. The summed E-state index contributed by atoms with van der Waals surface area (Å²) in [7, 11) is 0. The van der Waals surface area contributed by atoms with E-state index in [4.69, 9.17) is 4.84 Å². The molecule has 4 heteroatoms. The Bertz CT molecular complexity index is 663. The highest BCUT2D eigenvalue weighted by molar-refractivity contribution is 6.22. The molecule has 1 aliphatic rings. The van der Waals surface area contributed by atoms with Gasteiger partial charge in [0.05, 0.1) is 11.3 Å². The molecule has 0 aromatic heterocycles. The molecule has 0 saturated carbocycles. The third-order valence-electron chi connectivity index (χ3n) is 4.28. The Morgan fingerprint density at radius 2 is 1.87 bits per heavy atom. The molecule has 0 unspecified atom stereocenters. The SMILES string of the molecule is CCO/N=C(/C)C1=C(O)C[C@H](c2c(C)cc(C)cc2C)CC1=O. The highest BCUT2D eigenvalue weighted by Gasteiger charge is 2.31. The van der Waals surface area contributed by atoms with Crippen molar-refractivity contribution in [2.24, 2.45) is 5.16 Å². The molecule has 1 atom stereocenters.